The fourth-order valence-corrected chi connectivity index (χ4v) is 4.83. The number of H-pyrrole nitrogens is 1. The van der Waals surface area contributed by atoms with Crippen LogP contribution in [0.4, 0.5) is 5.13 Å². The molecule has 1 amide bonds. The van der Waals surface area contributed by atoms with Crippen LogP contribution < -0.4 is 14.8 Å². The number of carbonyl (C=O) groups is 1. The van der Waals surface area contributed by atoms with E-state index in [9.17, 15) is 4.79 Å². The van der Waals surface area contributed by atoms with Crippen LogP contribution in [-0.4, -0.2) is 39.4 Å². The molecule has 0 aliphatic heterocycles. The molecule has 2 aromatic heterocycles. The van der Waals surface area contributed by atoms with E-state index in [1.54, 1.807) is 25.3 Å². The van der Waals surface area contributed by atoms with Gasteiger partial charge in [-0.25, -0.2) is 4.98 Å². The molecular formula is C23H29N5O3S2. The lowest BCUT2D eigenvalue weighted by Crippen LogP contribution is -2.12. The smallest absolute Gasteiger partial charge is 0.257 e. The van der Waals surface area contributed by atoms with Crippen LogP contribution in [0.25, 0.3) is 10.7 Å². The number of hydrogen-bond acceptors (Lipinski definition) is 7. The number of unbranched alkanes of at least 4 members (excludes halogenated alkanes) is 3. The lowest BCUT2D eigenvalue weighted by atomic mass is 10.2. The van der Waals surface area contributed by atoms with Crippen molar-refractivity contribution in [3.8, 4) is 22.2 Å². The van der Waals surface area contributed by atoms with E-state index in [0.717, 1.165) is 42.1 Å². The number of aryl methyl sites for hydroxylation is 1. The number of thiazole rings is 1. The van der Waals surface area contributed by atoms with Crippen molar-refractivity contribution < 1.29 is 14.3 Å². The van der Waals surface area contributed by atoms with Gasteiger partial charge in [-0.3, -0.25) is 19.8 Å². The predicted molar refractivity (Wildman–Crippen MR) is 132 cm³/mol. The van der Waals surface area contributed by atoms with Crippen molar-refractivity contribution in [1.29, 1.82) is 0 Å². The van der Waals surface area contributed by atoms with Gasteiger partial charge in [0.1, 0.15) is 0 Å². The fourth-order valence-electron chi connectivity index (χ4n) is 3.60. The maximum Gasteiger partial charge on any atom is 0.257 e. The van der Waals surface area contributed by atoms with Gasteiger partial charge in [0.2, 0.25) is 0 Å². The van der Waals surface area contributed by atoms with E-state index in [0.29, 0.717) is 39.6 Å². The second kappa shape index (κ2) is 10.5. The highest BCUT2D eigenvalue weighted by molar-refractivity contribution is 7.71. The Hall–Kier alpha value is -2.72. The maximum atomic E-state index is 12.9. The molecule has 8 nitrogen and oxygen atoms in total. The van der Waals surface area contributed by atoms with Crippen LogP contribution in [0.3, 0.4) is 0 Å². The lowest BCUT2D eigenvalue weighted by Gasteiger charge is -2.12. The molecule has 1 aliphatic rings. The van der Waals surface area contributed by atoms with Gasteiger partial charge < -0.3 is 9.47 Å². The van der Waals surface area contributed by atoms with Crippen molar-refractivity contribution >= 4 is 34.6 Å². The number of methoxy groups -OCH3 is 1. The average molecular weight is 488 g/mol. The Morgan fingerprint density at radius 3 is 2.85 bits per heavy atom. The Balaban J connectivity index is 1.45. The van der Waals surface area contributed by atoms with Crippen LogP contribution in [0.5, 0.6) is 11.5 Å². The molecule has 0 spiro atoms. The molecule has 2 heterocycles. The van der Waals surface area contributed by atoms with Crippen molar-refractivity contribution in [3.63, 3.8) is 0 Å². The SMILES string of the molecule is CCCCCCOc1ccc(C(=O)Nc2nc(C)c(-c3n[nH]c(=S)n3C3CC3)s2)cc1OC. The van der Waals surface area contributed by atoms with Gasteiger partial charge >= 0.3 is 0 Å². The number of nitrogens with zero attached hydrogens (tertiary/aromatic N) is 3. The first-order valence-corrected chi connectivity index (χ1v) is 12.5. The first kappa shape index (κ1) is 23.4. The van der Waals surface area contributed by atoms with E-state index in [2.05, 4.69) is 27.4 Å². The predicted octanol–water partition coefficient (Wildman–Crippen LogP) is 5.93. The summed E-state index contributed by atoms with van der Waals surface area (Å²) < 4.78 is 14.0. The second-order valence-electron chi connectivity index (χ2n) is 8.12. The minimum atomic E-state index is -0.260. The van der Waals surface area contributed by atoms with E-state index in [1.165, 1.54) is 24.2 Å². The highest BCUT2D eigenvalue weighted by atomic mass is 32.1. The van der Waals surface area contributed by atoms with Gasteiger partial charge in [-0.15, -0.1) is 0 Å². The van der Waals surface area contributed by atoms with Crippen LogP contribution in [0.1, 0.15) is 67.5 Å². The number of hydrogen-bond donors (Lipinski definition) is 2. The van der Waals surface area contributed by atoms with Gasteiger partial charge in [0, 0.05) is 11.6 Å². The van der Waals surface area contributed by atoms with Crippen LogP contribution in [-0.2, 0) is 0 Å². The van der Waals surface area contributed by atoms with Crippen molar-refractivity contribution in [2.75, 3.05) is 19.0 Å². The van der Waals surface area contributed by atoms with Crippen LogP contribution in [0.2, 0.25) is 0 Å². The Labute approximate surface area is 202 Å². The summed E-state index contributed by atoms with van der Waals surface area (Å²) >= 11 is 6.78. The van der Waals surface area contributed by atoms with Gasteiger partial charge in [0.15, 0.2) is 27.2 Å². The van der Waals surface area contributed by atoms with E-state index in [1.807, 2.05) is 11.5 Å². The van der Waals surface area contributed by atoms with Crippen molar-refractivity contribution in [2.24, 2.45) is 0 Å². The molecule has 176 valence electrons. The number of amides is 1. The molecule has 1 aromatic carbocycles. The average Bonchev–Trinajstić information content (AvgIpc) is 3.48. The summed E-state index contributed by atoms with van der Waals surface area (Å²) in [7, 11) is 1.57. The van der Waals surface area contributed by atoms with Gasteiger partial charge in [0.05, 0.1) is 24.3 Å². The molecule has 33 heavy (non-hydrogen) atoms. The summed E-state index contributed by atoms with van der Waals surface area (Å²) in [5.74, 6) is 1.69. The number of nitrogens with one attached hydrogen (secondary N) is 2. The fraction of sp³-hybridized carbons (Fsp3) is 0.478. The number of carbonyl (C=O) groups excluding carboxylic acids is 1. The van der Waals surface area contributed by atoms with Crippen LogP contribution in [0.15, 0.2) is 18.2 Å². The Bertz CT molecular complexity index is 1180. The minimum absolute atomic E-state index is 0.260. The number of aromatic nitrogens is 4. The third kappa shape index (κ3) is 5.44. The topological polar surface area (TPSA) is 94.1 Å². The van der Waals surface area contributed by atoms with Gasteiger partial charge in [-0.2, -0.15) is 5.10 Å². The standard InChI is InChI=1S/C23H29N5O3S2/c1-4-5-6-7-12-31-17-11-8-15(13-18(17)30-3)21(29)25-22-24-14(2)19(33-22)20-26-27-23(32)28(20)16-9-10-16/h8,11,13,16H,4-7,9-10,12H2,1-3H3,(H,27,32)(H,24,25,29). The zero-order chi connectivity index (χ0) is 23.4. The first-order chi connectivity index (χ1) is 16.0. The summed E-state index contributed by atoms with van der Waals surface area (Å²) in [6, 6.07) is 5.60. The molecule has 3 aromatic rings. The number of anilines is 1. The summed E-state index contributed by atoms with van der Waals surface area (Å²) in [6.07, 6.45) is 6.72. The highest BCUT2D eigenvalue weighted by Gasteiger charge is 2.29. The third-order valence-electron chi connectivity index (χ3n) is 5.52. The van der Waals surface area contributed by atoms with E-state index >= 15 is 0 Å². The third-order valence-corrected chi connectivity index (χ3v) is 6.87. The summed E-state index contributed by atoms with van der Waals surface area (Å²) in [5, 5.41) is 10.7. The first-order valence-electron chi connectivity index (χ1n) is 11.3. The van der Waals surface area contributed by atoms with E-state index in [-0.39, 0.29) is 5.91 Å². The molecule has 0 atom stereocenters. The largest absolute Gasteiger partial charge is 0.493 e. The number of rotatable bonds is 11. The number of benzene rings is 1. The molecule has 0 radical (unpaired) electrons. The monoisotopic (exact) mass is 487 g/mol. The van der Waals surface area contributed by atoms with Gasteiger partial charge in [-0.1, -0.05) is 37.5 Å². The van der Waals surface area contributed by atoms with E-state index < -0.39 is 0 Å². The molecule has 1 saturated carbocycles. The van der Waals surface area contributed by atoms with Crippen molar-refractivity contribution in [1.82, 2.24) is 19.7 Å². The maximum absolute atomic E-state index is 12.9. The molecule has 0 unspecified atom stereocenters. The van der Waals surface area contributed by atoms with Gasteiger partial charge in [0.25, 0.3) is 5.91 Å². The normalized spacial score (nSPS) is 13.2. The number of aromatic amines is 1. The van der Waals surface area contributed by atoms with Crippen molar-refractivity contribution in [3.05, 3.63) is 34.2 Å². The Morgan fingerprint density at radius 2 is 2.12 bits per heavy atom. The quantitative estimate of drug-likeness (QED) is 0.257. The second-order valence-corrected chi connectivity index (χ2v) is 9.50. The van der Waals surface area contributed by atoms with E-state index in [4.69, 9.17) is 21.7 Å². The Kier molecular flexibility index (Phi) is 7.44. The summed E-state index contributed by atoms with van der Waals surface area (Å²) in [6.45, 7) is 4.72. The zero-order valence-corrected chi connectivity index (χ0v) is 20.8. The lowest BCUT2D eigenvalue weighted by molar-refractivity contribution is 0.102. The molecule has 4 rings (SSSR count). The molecule has 0 saturated heterocycles. The van der Waals surface area contributed by atoms with Crippen molar-refractivity contribution in [2.45, 2.75) is 58.4 Å². The molecule has 1 aliphatic carbocycles. The number of ether oxygens (including phenoxy) is 2. The molecule has 1 fully saturated rings. The molecule has 10 heteroatoms. The molecule has 2 N–H and O–H groups in total. The zero-order valence-electron chi connectivity index (χ0n) is 19.1. The molecule has 0 bridgehead atoms. The minimum Gasteiger partial charge on any atom is -0.493 e. The summed E-state index contributed by atoms with van der Waals surface area (Å²) in [4.78, 5) is 18.3. The van der Waals surface area contributed by atoms with Gasteiger partial charge in [-0.05, 0) is 56.6 Å². The Morgan fingerprint density at radius 1 is 1.30 bits per heavy atom. The molecular weight excluding hydrogens is 458 g/mol. The van der Waals surface area contributed by atoms with Crippen LogP contribution >= 0.6 is 23.6 Å². The summed E-state index contributed by atoms with van der Waals surface area (Å²) in [5.41, 5.74) is 1.27. The highest BCUT2D eigenvalue weighted by Crippen LogP contribution is 2.40. The van der Waals surface area contributed by atoms with Crippen LogP contribution in [0, 0.1) is 11.7 Å².